The van der Waals surface area contributed by atoms with Crippen molar-refractivity contribution in [3.05, 3.63) is 0 Å². The second kappa shape index (κ2) is 5.25. The van der Waals surface area contributed by atoms with Crippen LogP contribution in [0.3, 0.4) is 0 Å². The highest BCUT2D eigenvalue weighted by atomic mass is 15.3. The van der Waals surface area contributed by atoms with E-state index < -0.39 is 0 Å². The van der Waals surface area contributed by atoms with Crippen LogP contribution >= 0.6 is 0 Å². The number of piperazine rings is 1. The Balaban J connectivity index is 1.46. The molecule has 1 saturated carbocycles. The van der Waals surface area contributed by atoms with Crippen LogP contribution in [0.15, 0.2) is 0 Å². The van der Waals surface area contributed by atoms with Gasteiger partial charge in [-0.1, -0.05) is 13.3 Å². The first kappa shape index (κ1) is 11.9. The lowest BCUT2D eigenvalue weighted by Crippen LogP contribution is -2.52. The maximum absolute atomic E-state index is 3.57. The maximum atomic E-state index is 3.57. The summed E-state index contributed by atoms with van der Waals surface area (Å²) in [5.41, 5.74) is 0. The van der Waals surface area contributed by atoms with Crippen LogP contribution in [-0.2, 0) is 0 Å². The first-order valence-corrected chi connectivity index (χ1v) is 7.54. The molecule has 0 aromatic heterocycles. The predicted molar refractivity (Wildman–Crippen MR) is 71.2 cm³/mol. The van der Waals surface area contributed by atoms with Crippen molar-refractivity contribution in [1.29, 1.82) is 0 Å². The number of nitrogens with zero attached hydrogens (tertiary/aromatic N) is 2. The molecule has 3 nitrogen and oxygen atoms in total. The van der Waals surface area contributed by atoms with E-state index in [9.17, 15) is 0 Å². The van der Waals surface area contributed by atoms with E-state index in [1.54, 1.807) is 0 Å². The van der Waals surface area contributed by atoms with E-state index in [1.165, 1.54) is 65.1 Å². The van der Waals surface area contributed by atoms with Crippen molar-refractivity contribution < 1.29 is 0 Å². The third kappa shape index (κ3) is 2.83. The van der Waals surface area contributed by atoms with Crippen molar-refractivity contribution in [2.75, 3.05) is 45.8 Å². The second-order valence-corrected chi connectivity index (χ2v) is 6.17. The van der Waals surface area contributed by atoms with Crippen LogP contribution in [0.5, 0.6) is 0 Å². The van der Waals surface area contributed by atoms with Crippen molar-refractivity contribution in [3.63, 3.8) is 0 Å². The SMILES string of the molecule is CCC1CNCC1N1CCN(CC2CC2)CC1. The van der Waals surface area contributed by atoms with Gasteiger partial charge in [0.15, 0.2) is 0 Å². The molecule has 3 fully saturated rings. The molecule has 0 aromatic carbocycles. The molecule has 3 rings (SSSR count). The van der Waals surface area contributed by atoms with E-state index in [0.29, 0.717) is 0 Å². The van der Waals surface area contributed by atoms with Crippen molar-refractivity contribution in [2.45, 2.75) is 32.2 Å². The molecule has 2 saturated heterocycles. The van der Waals surface area contributed by atoms with Gasteiger partial charge in [-0.3, -0.25) is 4.90 Å². The summed E-state index contributed by atoms with van der Waals surface area (Å²) in [5.74, 6) is 1.95. The molecule has 0 radical (unpaired) electrons. The Kier molecular flexibility index (Phi) is 3.69. The minimum Gasteiger partial charge on any atom is -0.315 e. The summed E-state index contributed by atoms with van der Waals surface area (Å²) >= 11 is 0. The second-order valence-electron chi connectivity index (χ2n) is 6.17. The molecule has 2 unspecified atom stereocenters. The fraction of sp³-hybridized carbons (Fsp3) is 1.00. The lowest BCUT2D eigenvalue weighted by atomic mass is 9.98. The van der Waals surface area contributed by atoms with Gasteiger partial charge < -0.3 is 10.2 Å². The van der Waals surface area contributed by atoms with Crippen LogP contribution in [0.25, 0.3) is 0 Å². The zero-order valence-electron chi connectivity index (χ0n) is 11.2. The van der Waals surface area contributed by atoms with Crippen LogP contribution in [0.4, 0.5) is 0 Å². The molecule has 0 amide bonds. The number of rotatable bonds is 4. The fourth-order valence-electron chi connectivity index (χ4n) is 3.51. The summed E-state index contributed by atoms with van der Waals surface area (Å²) in [6, 6.07) is 0.822. The topological polar surface area (TPSA) is 18.5 Å². The fourth-order valence-corrected chi connectivity index (χ4v) is 3.51. The first-order chi connectivity index (χ1) is 8.36. The Morgan fingerprint density at radius 2 is 1.82 bits per heavy atom. The summed E-state index contributed by atoms with van der Waals surface area (Å²) in [6.07, 6.45) is 4.31. The highest BCUT2D eigenvalue weighted by Gasteiger charge is 2.33. The Bertz CT molecular complexity index is 244. The van der Waals surface area contributed by atoms with Gasteiger partial charge in [0.05, 0.1) is 0 Å². The smallest absolute Gasteiger partial charge is 0.0261 e. The standard InChI is InChI=1S/C14H27N3/c1-2-13-9-15-10-14(13)17-7-5-16(6-8-17)11-12-3-4-12/h12-15H,2-11H2,1H3. The third-order valence-corrected chi connectivity index (χ3v) is 4.92. The molecule has 2 atom stereocenters. The van der Waals surface area contributed by atoms with Crippen LogP contribution in [0.1, 0.15) is 26.2 Å². The van der Waals surface area contributed by atoms with Crippen molar-refractivity contribution >= 4 is 0 Å². The Morgan fingerprint density at radius 3 is 2.47 bits per heavy atom. The molecule has 98 valence electrons. The Morgan fingerprint density at radius 1 is 1.06 bits per heavy atom. The third-order valence-electron chi connectivity index (χ3n) is 4.92. The van der Waals surface area contributed by atoms with Crippen LogP contribution in [-0.4, -0.2) is 61.7 Å². The summed E-state index contributed by atoms with van der Waals surface area (Å²) in [5, 5.41) is 3.57. The zero-order chi connectivity index (χ0) is 11.7. The molecular formula is C14H27N3. The molecule has 1 aliphatic carbocycles. The van der Waals surface area contributed by atoms with Gasteiger partial charge in [-0.2, -0.15) is 0 Å². The molecule has 2 aliphatic heterocycles. The average Bonchev–Trinajstić information content (AvgIpc) is 3.05. The van der Waals surface area contributed by atoms with Gasteiger partial charge in [0.1, 0.15) is 0 Å². The van der Waals surface area contributed by atoms with E-state index in [1.807, 2.05) is 0 Å². The molecule has 0 spiro atoms. The van der Waals surface area contributed by atoms with E-state index in [0.717, 1.165) is 17.9 Å². The average molecular weight is 237 g/mol. The molecule has 3 heteroatoms. The molecule has 0 aromatic rings. The highest BCUT2D eigenvalue weighted by molar-refractivity contribution is 4.90. The molecule has 17 heavy (non-hydrogen) atoms. The minimum absolute atomic E-state index is 0.822. The summed E-state index contributed by atoms with van der Waals surface area (Å²) in [6.45, 7) is 11.4. The summed E-state index contributed by atoms with van der Waals surface area (Å²) in [4.78, 5) is 5.44. The van der Waals surface area contributed by atoms with Gasteiger partial charge in [-0.25, -0.2) is 0 Å². The Labute approximate surface area is 106 Å². The van der Waals surface area contributed by atoms with Gasteiger partial charge in [0, 0.05) is 45.3 Å². The normalized spacial score (nSPS) is 36.5. The highest BCUT2D eigenvalue weighted by Crippen LogP contribution is 2.30. The van der Waals surface area contributed by atoms with E-state index >= 15 is 0 Å². The van der Waals surface area contributed by atoms with Gasteiger partial charge in [-0.05, 0) is 31.2 Å². The minimum atomic E-state index is 0.822. The molecule has 2 heterocycles. The molecule has 0 bridgehead atoms. The lowest BCUT2D eigenvalue weighted by Gasteiger charge is -2.39. The van der Waals surface area contributed by atoms with Gasteiger partial charge >= 0.3 is 0 Å². The van der Waals surface area contributed by atoms with Gasteiger partial charge in [-0.15, -0.1) is 0 Å². The zero-order valence-corrected chi connectivity index (χ0v) is 11.2. The maximum Gasteiger partial charge on any atom is 0.0261 e. The van der Waals surface area contributed by atoms with Crippen molar-refractivity contribution in [2.24, 2.45) is 11.8 Å². The van der Waals surface area contributed by atoms with Crippen LogP contribution in [0.2, 0.25) is 0 Å². The molecular weight excluding hydrogens is 210 g/mol. The van der Waals surface area contributed by atoms with Crippen molar-refractivity contribution in [3.8, 4) is 0 Å². The van der Waals surface area contributed by atoms with Crippen LogP contribution in [0, 0.1) is 11.8 Å². The lowest BCUT2D eigenvalue weighted by molar-refractivity contribution is 0.0825. The first-order valence-electron chi connectivity index (χ1n) is 7.54. The molecule has 3 aliphatic rings. The van der Waals surface area contributed by atoms with E-state index in [4.69, 9.17) is 0 Å². The predicted octanol–water partition coefficient (Wildman–Crippen LogP) is 1.01. The largest absolute Gasteiger partial charge is 0.315 e. The van der Waals surface area contributed by atoms with E-state index in [2.05, 4.69) is 22.0 Å². The number of nitrogens with one attached hydrogen (secondary N) is 1. The summed E-state index contributed by atoms with van der Waals surface area (Å²) in [7, 11) is 0. The monoisotopic (exact) mass is 237 g/mol. The van der Waals surface area contributed by atoms with E-state index in [-0.39, 0.29) is 0 Å². The van der Waals surface area contributed by atoms with Crippen LogP contribution < -0.4 is 5.32 Å². The number of hydrogen-bond acceptors (Lipinski definition) is 3. The quantitative estimate of drug-likeness (QED) is 0.787. The Hall–Kier alpha value is -0.120. The van der Waals surface area contributed by atoms with Crippen molar-refractivity contribution in [1.82, 2.24) is 15.1 Å². The number of hydrogen-bond donors (Lipinski definition) is 1. The summed E-state index contributed by atoms with van der Waals surface area (Å²) < 4.78 is 0. The van der Waals surface area contributed by atoms with Gasteiger partial charge in [0.2, 0.25) is 0 Å². The molecule has 1 N–H and O–H groups in total. The van der Waals surface area contributed by atoms with Gasteiger partial charge in [0.25, 0.3) is 0 Å².